The van der Waals surface area contributed by atoms with Crippen molar-refractivity contribution in [3.8, 4) is 0 Å². The Morgan fingerprint density at radius 2 is 2.21 bits per heavy atom. The number of hydrogen-bond acceptors (Lipinski definition) is 4. The SMILES string of the molecule is COC(=O)C1CCCCN1C(=O)c1ccc(Br)nc1. The van der Waals surface area contributed by atoms with Gasteiger partial charge in [0.25, 0.3) is 5.91 Å². The van der Waals surface area contributed by atoms with Crippen LogP contribution in [0, 0.1) is 0 Å². The van der Waals surface area contributed by atoms with Crippen molar-refractivity contribution in [2.75, 3.05) is 13.7 Å². The van der Waals surface area contributed by atoms with Gasteiger partial charge in [-0.1, -0.05) is 0 Å². The van der Waals surface area contributed by atoms with Crippen molar-refractivity contribution in [3.05, 3.63) is 28.5 Å². The molecule has 0 N–H and O–H groups in total. The van der Waals surface area contributed by atoms with Crippen molar-refractivity contribution < 1.29 is 14.3 Å². The molecule has 1 aliphatic rings. The summed E-state index contributed by atoms with van der Waals surface area (Å²) in [4.78, 5) is 29.8. The average Bonchev–Trinajstić information content (AvgIpc) is 2.46. The number of esters is 1. The fourth-order valence-electron chi connectivity index (χ4n) is 2.22. The molecule has 0 spiro atoms. The number of pyridine rings is 1. The summed E-state index contributed by atoms with van der Waals surface area (Å²) in [7, 11) is 1.35. The first-order chi connectivity index (χ1) is 9.13. The Morgan fingerprint density at radius 1 is 1.42 bits per heavy atom. The van der Waals surface area contributed by atoms with Gasteiger partial charge in [-0.3, -0.25) is 4.79 Å². The van der Waals surface area contributed by atoms with Crippen LogP contribution in [-0.2, 0) is 9.53 Å². The smallest absolute Gasteiger partial charge is 0.328 e. The summed E-state index contributed by atoms with van der Waals surface area (Å²) in [5.74, 6) is -0.520. The Kier molecular flexibility index (Phi) is 4.52. The number of amides is 1. The molecular weight excluding hydrogens is 312 g/mol. The molecule has 0 bridgehead atoms. The van der Waals surface area contributed by atoms with Crippen molar-refractivity contribution in [2.45, 2.75) is 25.3 Å². The number of likely N-dealkylation sites (tertiary alicyclic amines) is 1. The highest BCUT2D eigenvalue weighted by molar-refractivity contribution is 9.10. The molecule has 1 aromatic heterocycles. The largest absolute Gasteiger partial charge is 0.467 e. The molecule has 5 nitrogen and oxygen atoms in total. The van der Waals surface area contributed by atoms with Crippen molar-refractivity contribution in [1.29, 1.82) is 0 Å². The van der Waals surface area contributed by atoms with Crippen LogP contribution in [0.4, 0.5) is 0 Å². The molecule has 0 aliphatic carbocycles. The zero-order valence-electron chi connectivity index (χ0n) is 10.6. The number of hydrogen-bond donors (Lipinski definition) is 0. The van der Waals surface area contributed by atoms with Gasteiger partial charge in [-0.2, -0.15) is 0 Å². The molecule has 19 heavy (non-hydrogen) atoms. The van der Waals surface area contributed by atoms with Gasteiger partial charge in [-0.05, 0) is 47.3 Å². The number of carbonyl (C=O) groups excluding carboxylic acids is 2. The zero-order valence-corrected chi connectivity index (χ0v) is 12.2. The maximum Gasteiger partial charge on any atom is 0.328 e. The van der Waals surface area contributed by atoms with Crippen LogP contribution in [0.5, 0.6) is 0 Å². The third-order valence-electron chi connectivity index (χ3n) is 3.21. The van der Waals surface area contributed by atoms with Crippen LogP contribution in [0.15, 0.2) is 22.9 Å². The van der Waals surface area contributed by atoms with E-state index >= 15 is 0 Å². The number of piperidine rings is 1. The molecule has 2 heterocycles. The second-order valence-electron chi connectivity index (χ2n) is 4.40. The summed E-state index contributed by atoms with van der Waals surface area (Å²) in [5, 5.41) is 0. The normalized spacial score (nSPS) is 19.1. The van der Waals surface area contributed by atoms with Crippen LogP contribution in [0.25, 0.3) is 0 Å². The maximum absolute atomic E-state index is 12.4. The second kappa shape index (κ2) is 6.14. The van der Waals surface area contributed by atoms with E-state index < -0.39 is 6.04 Å². The van der Waals surface area contributed by atoms with Crippen LogP contribution in [0.2, 0.25) is 0 Å². The predicted molar refractivity (Wildman–Crippen MR) is 72.6 cm³/mol. The molecular formula is C13H15BrN2O3. The number of halogens is 1. The lowest BCUT2D eigenvalue weighted by Gasteiger charge is -2.33. The minimum Gasteiger partial charge on any atom is -0.467 e. The lowest BCUT2D eigenvalue weighted by atomic mass is 10.0. The first-order valence-electron chi connectivity index (χ1n) is 6.14. The van der Waals surface area contributed by atoms with E-state index in [2.05, 4.69) is 20.9 Å². The van der Waals surface area contributed by atoms with E-state index in [0.717, 1.165) is 12.8 Å². The number of methoxy groups -OCH3 is 1. The highest BCUT2D eigenvalue weighted by Gasteiger charge is 2.33. The molecule has 0 radical (unpaired) electrons. The van der Waals surface area contributed by atoms with E-state index in [9.17, 15) is 9.59 Å². The Hall–Kier alpha value is -1.43. The highest BCUT2D eigenvalue weighted by Crippen LogP contribution is 2.21. The first kappa shape index (κ1) is 14.0. The van der Waals surface area contributed by atoms with Gasteiger partial charge in [-0.25, -0.2) is 9.78 Å². The summed E-state index contributed by atoms with van der Waals surface area (Å²) >= 11 is 3.23. The lowest BCUT2D eigenvalue weighted by molar-refractivity contribution is -0.147. The molecule has 1 aliphatic heterocycles. The van der Waals surface area contributed by atoms with Crippen molar-refractivity contribution in [1.82, 2.24) is 9.88 Å². The first-order valence-corrected chi connectivity index (χ1v) is 6.93. The van der Waals surface area contributed by atoms with Crippen molar-refractivity contribution in [2.24, 2.45) is 0 Å². The molecule has 0 saturated carbocycles. The van der Waals surface area contributed by atoms with Gasteiger partial charge in [0.2, 0.25) is 0 Å². The zero-order chi connectivity index (χ0) is 13.8. The van der Waals surface area contributed by atoms with Crippen LogP contribution in [0.1, 0.15) is 29.6 Å². The third kappa shape index (κ3) is 3.12. The average molecular weight is 327 g/mol. The molecule has 6 heteroatoms. The summed E-state index contributed by atoms with van der Waals surface area (Å²) in [6.07, 6.45) is 4.00. The molecule has 102 valence electrons. The van der Waals surface area contributed by atoms with E-state index in [1.807, 2.05) is 0 Å². The van der Waals surface area contributed by atoms with Crippen molar-refractivity contribution in [3.63, 3.8) is 0 Å². The highest BCUT2D eigenvalue weighted by atomic mass is 79.9. The Labute approximate surface area is 120 Å². The number of rotatable bonds is 2. The van der Waals surface area contributed by atoms with E-state index in [-0.39, 0.29) is 11.9 Å². The number of aromatic nitrogens is 1. The quantitative estimate of drug-likeness (QED) is 0.616. The van der Waals surface area contributed by atoms with Crippen LogP contribution in [0.3, 0.4) is 0 Å². The molecule has 1 saturated heterocycles. The van der Waals surface area contributed by atoms with Crippen molar-refractivity contribution >= 4 is 27.8 Å². The Morgan fingerprint density at radius 3 is 2.84 bits per heavy atom. The van der Waals surface area contributed by atoms with Gasteiger partial charge >= 0.3 is 5.97 Å². The third-order valence-corrected chi connectivity index (χ3v) is 3.68. The number of carbonyl (C=O) groups is 2. The topological polar surface area (TPSA) is 59.5 Å². The summed E-state index contributed by atoms with van der Waals surface area (Å²) in [6, 6.07) is 2.93. The van der Waals surface area contributed by atoms with Gasteiger partial charge in [-0.15, -0.1) is 0 Å². The summed E-state index contributed by atoms with van der Waals surface area (Å²) in [6.45, 7) is 0.578. The predicted octanol–water partition coefficient (Wildman–Crippen LogP) is 2.01. The fourth-order valence-corrected chi connectivity index (χ4v) is 2.46. The van der Waals surface area contributed by atoms with Crippen LogP contribution >= 0.6 is 15.9 Å². The lowest BCUT2D eigenvalue weighted by Crippen LogP contribution is -2.48. The number of ether oxygens (including phenoxy) is 1. The molecule has 1 fully saturated rings. The molecule has 1 unspecified atom stereocenters. The fraction of sp³-hybridized carbons (Fsp3) is 0.462. The molecule has 1 atom stereocenters. The minimum atomic E-state index is -0.477. The van der Waals surface area contributed by atoms with Gasteiger partial charge in [0.1, 0.15) is 10.6 Å². The standard InChI is InChI=1S/C13H15BrN2O3/c1-19-13(18)10-4-2-3-7-16(10)12(17)9-5-6-11(14)15-8-9/h5-6,8,10H,2-4,7H2,1H3. The molecule has 2 rings (SSSR count). The minimum absolute atomic E-state index is 0.171. The molecule has 1 amide bonds. The number of nitrogens with zero attached hydrogens (tertiary/aromatic N) is 2. The van der Waals surface area contributed by atoms with Gasteiger partial charge < -0.3 is 9.64 Å². The molecule has 1 aromatic rings. The molecule has 0 aromatic carbocycles. The maximum atomic E-state index is 12.4. The van der Waals surface area contributed by atoms with E-state index in [1.165, 1.54) is 13.3 Å². The summed E-state index contributed by atoms with van der Waals surface area (Å²) in [5.41, 5.74) is 0.485. The van der Waals surface area contributed by atoms with Gasteiger partial charge in [0.15, 0.2) is 0 Å². The monoisotopic (exact) mass is 326 g/mol. The van der Waals surface area contributed by atoms with E-state index in [4.69, 9.17) is 4.74 Å². The Balaban J connectivity index is 2.20. The van der Waals surface area contributed by atoms with Gasteiger partial charge in [0, 0.05) is 12.7 Å². The van der Waals surface area contributed by atoms with Crippen LogP contribution < -0.4 is 0 Å². The van der Waals surface area contributed by atoms with Gasteiger partial charge in [0.05, 0.1) is 12.7 Å². The van der Waals surface area contributed by atoms with Crippen LogP contribution in [-0.4, -0.2) is 41.5 Å². The Bertz CT molecular complexity index is 475. The summed E-state index contributed by atoms with van der Waals surface area (Å²) < 4.78 is 5.44. The second-order valence-corrected chi connectivity index (χ2v) is 5.22. The van der Waals surface area contributed by atoms with E-state index in [0.29, 0.717) is 23.1 Å². The van der Waals surface area contributed by atoms with E-state index in [1.54, 1.807) is 17.0 Å².